The highest BCUT2D eigenvalue weighted by atomic mass is 79.9. The minimum Gasteiger partial charge on any atom is -0.398 e. The van der Waals surface area contributed by atoms with Crippen LogP contribution in [-0.4, -0.2) is 22.9 Å². The first-order valence-corrected chi connectivity index (χ1v) is 7.63. The largest absolute Gasteiger partial charge is 0.398 e. The molecule has 1 saturated heterocycles. The summed E-state index contributed by atoms with van der Waals surface area (Å²) in [6.07, 6.45) is 3.21. The van der Waals surface area contributed by atoms with Crippen LogP contribution in [-0.2, 0) is 0 Å². The van der Waals surface area contributed by atoms with Crippen LogP contribution in [0.1, 0.15) is 49.0 Å². The molecule has 0 aliphatic carbocycles. The van der Waals surface area contributed by atoms with Crippen LogP contribution in [0.15, 0.2) is 16.6 Å². The summed E-state index contributed by atoms with van der Waals surface area (Å²) in [6, 6.07) is 4.40. The van der Waals surface area contributed by atoms with Crippen molar-refractivity contribution < 1.29 is 4.79 Å². The highest BCUT2D eigenvalue weighted by Gasteiger charge is 2.34. The van der Waals surface area contributed by atoms with Crippen LogP contribution in [0.2, 0.25) is 0 Å². The summed E-state index contributed by atoms with van der Waals surface area (Å²) in [6.45, 7) is 6.19. The standard InChI is InChI=1S/C15H21BrN2O/c1-4-12-6-5-9(2)18(12)15(19)13-7-11(16)8-14(17)10(13)3/h7-9,12H,4-6,17H2,1-3H3. The molecule has 3 nitrogen and oxygen atoms in total. The zero-order chi connectivity index (χ0) is 14.2. The number of likely N-dealkylation sites (tertiary alicyclic amines) is 1. The Morgan fingerprint density at radius 2 is 2.16 bits per heavy atom. The van der Waals surface area contributed by atoms with Gasteiger partial charge >= 0.3 is 0 Å². The van der Waals surface area contributed by atoms with Crippen molar-refractivity contribution in [3.63, 3.8) is 0 Å². The number of rotatable bonds is 2. The fraction of sp³-hybridized carbons (Fsp3) is 0.533. The van der Waals surface area contributed by atoms with Crippen LogP contribution < -0.4 is 5.73 Å². The van der Waals surface area contributed by atoms with Gasteiger partial charge in [0.25, 0.3) is 5.91 Å². The van der Waals surface area contributed by atoms with Gasteiger partial charge in [-0.3, -0.25) is 4.79 Å². The Balaban J connectivity index is 2.39. The Labute approximate surface area is 123 Å². The fourth-order valence-electron chi connectivity index (χ4n) is 2.90. The van der Waals surface area contributed by atoms with E-state index in [-0.39, 0.29) is 5.91 Å². The Morgan fingerprint density at radius 1 is 1.47 bits per heavy atom. The first kappa shape index (κ1) is 14.4. The third kappa shape index (κ3) is 2.64. The number of nitrogens with zero attached hydrogens (tertiary/aromatic N) is 1. The maximum atomic E-state index is 12.8. The summed E-state index contributed by atoms with van der Waals surface area (Å²) >= 11 is 3.42. The predicted octanol–water partition coefficient (Wildman–Crippen LogP) is 3.74. The lowest BCUT2D eigenvalue weighted by Gasteiger charge is -2.29. The first-order chi connectivity index (χ1) is 8.95. The molecule has 1 aromatic carbocycles. The number of carbonyl (C=O) groups is 1. The van der Waals surface area contributed by atoms with Crippen molar-refractivity contribution in [3.05, 3.63) is 27.7 Å². The number of anilines is 1. The molecule has 1 aliphatic rings. The lowest BCUT2D eigenvalue weighted by molar-refractivity contribution is 0.0675. The molecule has 2 rings (SSSR count). The Bertz CT molecular complexity index is 501. The highest BCUT2D eigenvalue weighted by Crippen LogP contribution is 2.30. The minimum atomic E-state index is 0.113. The maximum Gasteiger partial charge on any atom is 0.254 e. The molecular formula is C15H21BrN2O. The Morgan fingerprint density at radius 3 is 2.79 bits per heavy atom. The third-order valence-corrected chi connectivity index (χ3v) is 4.59. The van der Waals surface area contributed by atoms with Crippen molar-refractivity contribution in [2.24, 2.45) is 0 Å². The van der Waals surface area contributed by atoms with Gasteiger partial charge in [0.1, 0.15) is 0 Å². The molecule has 0 radical (unpaired) electrons. The van der Waals surface area contributed by atoms with Gasteiger partial charge in [0.15, 0.2) is 0 Å². The Hall–Kier alpha value is -1.03. The number of nitrogens with two attached hydrogens (primary N) is 1. The molecule has 1 fully saturated rings. The van der Waals surface area contributed by atoms with Crippen molar-refractivity contribution in [3.8, 4) is 0 Å². The molecule has 1 heterocycles. The minimum absolute atomic E-state index is 0.113. The molecule has 2 unspecified atom stereocenters. The molecule has 0 saturated carbocycles. The number of nitrogen functional groups attached to an aromatic ring is 1. The van der Waals surface area contributed by atoms with E-state index in [1.807, 2.05) is 24.0 Å². The number of halogens is 1. The van der Waals surface area contributed by atoms with E-state index in [4.69, 9.17) is 5.73 Å². The van der Waals surface area contributed by atoms with Crippen molar-refractivity contribution in [2.75, 3.05) is 5.73 Å². The summed E-state index contributed by atoms with van der Waals surface area (Å²) < 4.78 is 0.860. The van der Waals surface area contributed by atoms with E-state index in [1.165, 1.54) is 0 Å². The van der Waals surface area contributed by atoms with E-state index in [1.54, 1.807) is 0 Å². The number of hydrogen-bond acceptors (Lipinski definition) is 2. The second-order valence-electron chi connectivity index (χ2n) is 5.37. The molecule has 19 heavy (non-hydrogen) atoms. The molecule has 1 aliphatic heterocycles. The zero-order valence-electron chi connectivity index (χ0n) is 11.7. The molecule has 0 spiro atoms. The van der Waals surface area contributed by atoms with Gasteiger partial charge in [0, 0.05) is 27.8 Å². The van der Waals surface area contributed by atoms with Gasteiger partial charge < -0.3 is 10.6 Å². The molecule has 1 aromatic rings. The van der Waals surface area contributed by atoms with E-state index >= 15 is 0 Å². The quantitative estimate of drug-likeness (QED) is 0.842. The van der Waals surface area contributed by atoms with Crippen molar-refractivity contribution in [1.82, 2.24) is 4.90 Å². The third-order valence-electron chi connectivity index (χ3n) is 4.13. The van der Waals surface area contributed by atoms with E-state index in [0.29, 0.717) is 17.8 Å². The van der Waals surface area contributed by atoms with E-state index in [9.17, 15) is 4.79 Å². The predicted molar refractivity (Wildman–Crippen MR) is 82.2 cm³/mol. The molecule has 1 amide bonds. The van der Waals surface area contributed by atoms with Crippen LogP contribution in [0.5, 0.6) is 0 Å². The summed E-state index contributed by atoms with van der Waals surface area (Å²) in [5.41, 5.74) is 8.22. The normalized spacial score (nSPS) is 22.8. The molecule has 0 bridgehead atoms. The fourth-order valence-corrected chi connectivity index (χ4v) is 3.38. The van der Waals surface area contributed by atoms with Crippen molar-refractivity contribution in [1.29, 1.82) is 0 Å². The van der Waals surface area contributed by atoms with Crippen LogP contribution in [0.4, 0.5) is 5.69 Å². The van der Waals surface area contributed by atoms with E-state index in [2.05, 4.69) is 29.8 Å². The number of benzene rings is 1. The lowest BCUT2D eigenvalue weighted by Crippen LogP contribution is -2.40. The van der Waals surface area contributed by atoms with Crippen LogP contribution >= 0.6 is 15.9 Å². The average Bonchev–Trinajstić information content (AvgIpc) is 2.74. The second-order valence-corrected chi connectivity index (χ2v) is 6.28. The smallest absolute Gasteiger partial charge is 0.254 e. The van der Waals surface area contributed by atoms with Gasteiger partial charge in [-0.2, -0.15) is 0 Å². The number of carbonyl (C=O) groups excluding carboxylic acids is 1. The average molecular weight is 325 g/mol. The molecule has 2 atom stereocenters. The molecular weight excluding hydrogens is 304 g/mol. The first-order valence-electron chi connectivity index (χ1n) is 6.84. The maximum absolute atomic E-state index is 12.8. The SMILES string of the molecule is CCC1CCC(C)N1C(=O)c1cc(Br)cc(N)c1C. The zero-order valence-corrected chi connectivity index (χ0v) is 13.3. The lowest BCUT2D eigenvalue weighted by atomic mass is 10.0. The molecule has 2 N–H and O–H groups in total. The van der Waals surface area contributed by atoms with Gasteiger partial charge in [0.2, 0.25) is 0 Å². The van der Waals surface area contributed by atoms with Crippen molar-refractivity contribution >= 4 is 27.5 Å². The topological polar surface area (TPSA) is 46.3 Å². The number of amides is 1. The van der Waals surface area contributed by atoms with Gasteiger partial charge in [-0.15, -0.1) is 0 Å². The second kappa shape index (κ2) is 5.53. The van der Waals surface area contributed by atoms with E-state index < -0.39 is 0 Å². The Kier molecular flexibility index (Phi) is 4.19. The molecule has 0 aromatic heterocycles. The molecule has 104 valence electrons. The summed E-state index contributed by atoms with van der Waals surface area (Å²) in [5, 5.41) is 0. The van der Waals surface area contributed by atoms with E-state index in [0.717, 1.165) is 34.9 Å². The summed E-state index contributed by atoms with van der Waals surface area (Å²) in [7, 11) is 0. The van der Waals surface area contributed by atoms with Gasteiger partial charge in [-0.05, 0) is 50.8 Å². The number of hydrogen-bond donors (Lipinski definition) is 1. The van der Waals surface area contributed by atoms with Crippen LogP contribution in [0.3, 0.4) is 0 Å². The summed E-state index contributed by atoms with van der Waals surface area (Å²) in [5.74, 6) is 0.113. The van der Waals surface area contributed by atoms with Gasteiger partial charge in [-0.25, -0.2) is 0 Å². The summed E-state index contributed by atoms with van der Waals surface area (Å²) in [4.78, 5) is 14.8. The van der Waals surface area contributed by atoms with Gasteiger partial charge in [-0.1, -0.05) is 22.9 Å². The molecule has 4 heteroatoms. The van der Waals surface area contributed by atoms with Crippen molar-refractivity contribution in [2.45, 2.75) is 52.1 Å². The highest BCUT2D eigenvalue weighted by molar-refractivity contribution is 9.10. The van der Waals surface area contributed by atoms with Crippen LogP contribution in [0.25, 0.3) is 0 Å². The van der Waals surface area contributed by atoms with Crippen LogP contribution in [0, 0.1) is 6.92 Å². The van der Waals surface area contributed by atoms with Gasteiger partial charge in [0.05, 0.1) is 0 Å². The monoisotopic (exact) mass is 324 g/mol.